The van der Waals surface area contributed by atoms with Crippen molar-refractivity contribution in [3.05, 3.63) is 35.4 Å². The van der Waals surface area contributed by atoms with Crippen LogP contribution in [0.25, 0.3) is 0 Å². The summed E-state index contributed by atoms with van der Waals surface area (Å²) in [6.45, 7) is 7.12. The van der Waals surface area contributed by atoms with Crippen LogP contribution in [0.15, 0.2) is 29.4 Å². The van der Waals surface area contributed by atoms with Gasteiger partial charge in [-0.15, -0.1) is 0 Å². The minimum atomic E-state index is 0.164. The molecule has 5 nitrogen and oxygen atoms in total. The minimum absolute atomic E-state index is 0.164. The van der Waals surface area contributed by atoms with Crippen molar-refractivity contribution in [2.75, 3.05) is 27.2 Å². The van der Waals surface area contributed by atoms with Gasteiger partial charge in [0.15, 0.2) is 5.84 Å². The van der Waals surface area contributed by atoms with Crippen molar-refractivity contribution in [2.24, 2.45) is 10.9 Å². The molecule has 0 aromatic heterocycles. The number of rotatable bonds is 7. The molecule has 1 aromatic carbocycles. The first-order chi connectivity index (χ1) is 9.49. The molecule has 0 saturated carbocycles. The fourth-order valence-corrected chi connectivity index (χ4v) is 2.40. The van der Waals surface area contributed by atoms with Gasteiger partial charge in [0.2, 0.25) is 0 Å². The van der Waals surface area contributed by atoms with E-state index in [0.717, 1.165) is 30.8 Å². The van der Waals surface area contributed by atoms with E-state index in [1.54, 1.807) is 0 Å². The quantitative estimate of drug-likeness (QED) is 0.344. The van der Waals surface area contributed by atoms with Crippen molar-refractivity contribution < 1.29 is 5.21 Å². The Hall–Kier alpha value is -1.59. The van der Waals surface area contributed by atoms with Crippen LogP contribution < -0.4 is 5.73 Å². The van der Waals surface area contributed by atoms with E-state index in [0.29, 0.717) is 6.04 Å². The van der Waals surface area contributed by atoms with E-state index in [9.17, 15) is 0 Å². The molecule has 0 saturated heterocycles. The maximum Gasteiger partial charge on any atom is 0.170 e. The smallest absolute Gasteiger partial charge is 0.170 e. The number of amidine groups is 1. The van der Waals surface area contributed by atoms with Crippen molar-refractivity contribution in [3.8, 4) is 0 Å². The minimum Gasteiger partial charge on any atom is -0.409 e. The molecule has 0 aliphatic heterocycles. The zero-order chi connectivity index (χ0) is 15.1. The lowest BCUT2D eigenvalue weighted by atomic mass is 10.1. The second-order valence-electron chi connectivity index (χ2n) is 5.32. The van der Waals surface area contributed by atoms with Gasteiger partial charge in [-0.3, -0.25) is 4.90 Å². The van der Waals surface area contributed by atoms with E-state index in [1.807, 2.05) is 24.3 Å². The zero-order valence-electron chi connectivity index (χ0n) is 12.9. The predicted octanol–water partition coefficient (Wildman–Crippen LogP) is 1.55. The number of nitrogens with two attached hydrogens (primary N) is 1. The molecule has 1 atom stereocenters. The monoisotopic (exact) mass is 278 g/mol. The lowest BCUT2D eigenvalue weighted by molar-refractivity contribution is 0.174. The summed E-state index contributed by atoms with van der Waals surface area (Å²) < 4.78 is 0. The summed E-state index contributed by atoms with van der Waals surface area (Å²) >= 11 is 0. The molecule has 0 spiro atoms. The van der Waals surface area contributed by atoms with Crippen LogP contribution in [0.3, 0.4) is 0 Å². The third kappa shape index (κ3) is 4.51. The highest BCUT2D eigenvalue weighted by Gasteiger charge is 2.15. The first kappa shape index (κ1) is 16.5. The lowest BCUT2D eigenvalue weighted by Crippen LogP contribution is -2.39. The number of oxime groups is 1. The molecule has 0 heterocycles. The van der Waals surface area contributed by atoms with E-state index >= 15 is 0 Å². The zero-order valence-corrected chi connectivity index (χ0v) is 12.9. The summed E-state index contributed by atoms with van der Waals surface area (Å²) in [6, 6.07) is 8.23. The van der Waals surface area contributed by atoms with E-state index in [-0.39, 0.29) is 5.84 Å². The molecular weight excluding hydrogens is 252 g/mol. The fraction of sp³-hybridized carbons (Fsp3) is 0.533. The number of likely N-dealkylation sites (N-methyl/N-ethyl adjacent to an activating group) is 2. The van der Waals surface area contributed by atoms with E-state index in [1.165, 1.54) is 0 Å². The van der Waals surface area contributed by atoms with Crippen LogP contribution in [-0.4, -0.2) is 54.1 Å². The van der Waals surface area contributed by atoms with Gasteiger partial charge in [-0.25, -0.2) is 0 Å². The standard InChI is InChI=1S/C15H26N4O/c1-5-19(12(2)10-18(3)4)11-13-8-6-7-9-14(13)15(16)17-20/h6-9,12,20H,5,10-11H2,1-4H3,(H2,16,17). The van der Waals surface area contributed by atoms with Gasteiger partial charge in [0.1, 0.15) is 0 Å². The number of nitrogens with zero attached hydrogens (tertiary/aromatic N) is 3. The molecular formula is C15H26N4O. The topological polar surface area (TPSA) is 65.1 Å². The maximum absolute atomic E-state index is 8.87. The van der Waals surface area contributed by atoms with Gasteiger partial charge in [-0.1, -0.05) is 36.3 Å². The van der Waals surface area contributed by atoms with E-state index in [4.69, 9.17) is 10.9 Å². The molecule has 0 radical (unpaired) electrons. The molecule has 0 aliphatic carbocycles. The van der Waals surface area contributed by atoms with Gasteiger partial charge in [0.25, 0.3) is 0 Å². The third-order valence-corrected chi connectivity index (χ3v) is 3.43. The highest BCUT2D eigenvalue weighted by atomic mass is 16.4. The Bertz CT molecular complexity index is 445. The molecule has 20 heavy (non-hydrogen) atoms. The molecule has 5 heteroatoms. The van der Waals surface area contributed by atoms with Crippen LogP contribution in [0, 0.1) is 0 Å². The van der Waals surface area contributed by atoms with Gasteiger partial charge >= 0.3 is 0 Å². The first-order valence-electron chi connectivity index (χ1n) is 6.94. The van der Waals surface area contributed by atoms with Crippen molar-refractivity contribution in [1.29, 1.82) is 0 Å². The Morgan fingerprint density at radius 3 is 2.55 bits per heavy atom. The molecule has 0 amide bonds. The molecule has 1 aromatic rings. The van der Waals surface area contributed by atoms with Crippen LogP contribution in [0.2, 0.25) is 0 Å². The number of hydrogen-bond acceptors (Lipinski definition) is 4. The van der Waals surface area contributed by atoms with E-state index in [2.05, 4.69) is 42.9 Å². The normalized spacial score (nSPS) is 14.0. The SMILES string of the molecule is CCN(Cc1ccccc1/C(N)=N/O)C(C)CN(C)C. The van der Waals surface area contributed by atoms with Crippen LogP contribution >= 0.6 is 0 Å². The highest BCUT2D eigenvalue weighted by Crippen LogP contribution is 2.14. The molecule has 0 aliphatic rings. The Labute approximate surface area is 121 Å². The van der Waals surface area contributed by atoms with E-state index < -0.39 is 0 Å². The average molecular weight is 278 g/mol. The molecule has 0 bridgehead atoms. The number of benzene rings is 1. The van der Waals surface area contributed by atoms with Gasteiger partial charge in [-0.2, -0.15) is 0 Å². The van der Waals surface area contributed by atoms with Gasteiger partial charge in [-0.05, 0) is 33.1 Å². The second kappa shape index (κ2) is 7.87. The Kier molecular flexibility index (Phi) is 6.48. The summed E-state index contributed by atoms with van der Waals surface area (Å²) in [7, 11) is 4.16. The summed E-state index contributed by atoms with van der Waals surface area (Å²) in [4.78, 5) is 4.56. The third-order valence-electron chi connectivity index (χ3n) is 3.43. The molecule has 112 valence electrons. The average Bonchev–Trinajstić information content (AvgIpc) is 2.43. The molecule has 1 rings (SSSR count). The summed E-state index contributed by atoms with van der Waals surface area (Å²) in [5.41, 5.74) is 7.62. The molecule has 3 N–H and O–H groups in total. The Morgan fingerprint density at radius 2 is 2.00 bits per heavy atom. The van der Waals surface area contributed by atoms with Crippen LogP contribution in [0.1, 0.15) is 25.0 Å². The lowest BCUT2D eigenvalue weighted by Gasteiger charge is -2.30. The Balaban J connectivity index is 2.90. The number of hydrogen-bond donors (Lipinski definition) is 2. The first-order valence-corrected chi connectivity index (χ1v) is 6.94. The second-order valence-corrected chi connectivity index (χ2v) is 5.32. The van der Waals surface area contributed by atoms with Crippen LogP contribution in [0.4, 0.5) is 0 Å². The highest BCUT2D eigenvalue weighted by molar-refractivity contribution is 5.98. The van der Waals surface area contributed by atoms with Crippen molar-refractivity contribution >= 4 is 5.84 Å². The van der Waals surface area contributed by atoms with Gasteiger partial charge in [0.05, 0.1) is 0 Å². The predicted molar refractivity (Wildman–Crippen MR) is 83.1 cm³/mol. The molecule has 0 fully saturated rings. The fourth-order valence-electron chi connectivity index (χ4n) is 2.40. The summed E-state index contributed by atoms with van der Waals surface area (Å²) in [5.74, 6) is 0.164. The summed E-state index contributed by atoms with van der Waals surface area (Å²) in [6.07, 6.45) is 0. The molecule has 1 unspecified atom stereocenters. The van der Waals surface area contributed by atoms with Crippen LogP contribution in [0.5, 0.6) is 0 Å². The Morgan fingerprint density at radius 1 is 1.35 bits per heavy atom. The van der Waals surface area contributed by atoms with Crippen molar-refractivity contribution in [1.82, 2.24) is 9.80 Å². The van der Waals surface area contributed by atoms with Crippen LogP contribution in [-0.2, 0) is 6.54 Å². The summed E-state index contributed by atoms with van der Waals surface area (Å²) in [5, 5.41) is 12.0. The van der Waals surface area contributed by atoms with Gasteiger partial charge < -0.3 is 15.8 Å². The maximum atomic E-state index is 8.87. The van der Waals surface area contributed by atoms with Gasteiger partial charge in [0, 0.05) is 24.7 Å². The van der Waals surface area contributed by atoms with Crippen molar-refractivity contribution in [2.45, 2.75) is 26.4 Å². The largest absolute Gasteiger partial charge is 0.409 e. The van der Waals surface area contributed by atoms with Crippen molar-refractivity contribution in [3.63, 3.8) is 0 Å².